The Balaban J connectivity index is 1.49. The molecular weight excluding hydrogens is 388 g/mol. The van der Waals surface area contributed by atoms with E-state index in [0.717, 1.165) is 16.9 Å². The van der Waals surface area contributed by atoms with E-state index in [9.17, 15) is 9.59 Å². The summed E-state index contributed by atoms with van der Waals surface area (Å²) >= 11 is 5.83. The number of benzene rings is 2. The molecule has 3 aromatic rings. The van der Waals surface area contributed by atoms with Crippen molar-refractivity contribution in [3.05, 3.63) is 64.9 Å². The number of para-hydroxylation sites is 2. The number of carbonyl (C=O) groups is 2. The van der Waals surface area contributed by atoms with E-state index in [-0.39, 0.29) is 23.8 Å². The summed E-state index contributed by atoms with van der Waals surface area (Å²) in [6.07, 6.45) is 0.875. The normalized spacial score (nSPS) is 12.1. The smallest absolute Gasteiger partial charge is 0.251 e. The lowest BCUT2D eigenvalue weighted by atomic mass is 10.0. The van der Waals surface area contributed by atoms with E-state index in [1.165, 1.54) is 0 Å². The molecule has 0 radical (unpaired) electrons. The van der Waals surface area contributed by atoms with Gasteiger partial charge in [-0.15, -0.1) is 0 Å². The van der Waals surface area contributed by atoms with Gasteiger partial charge >= 0.3 is 0 Å². The Labute approximate surface area is 175 Å². The summed E-state index contributed by atoms with van der Waals surface area (Å²) in [5, 5.41) is 6.46. The van der Waals surface area contributed by atoms with Gasteiger partial charge in [0.2, 0.25) is 5.91 Å². The fourth-order valence-electron chi connectivity index (χ4n) is 3.07. The minimum absolute atomic E-state index is 0.0649. The molecule has 3 rings (SSSR count). The van der Waals surface area contributed by atoms with Crippen LogP contribution >= 0.6 is 11.6 Å². The van der Waals surface area contributed by atoms with Crippen molar-refractivity contribution in [1.82, 2.24) is 20.6 Å². The van der Waals surface area contributed by atoms with Gasteiger partial charge in [0.15, 0.2) is 0 Å². The number of nitrogens with zero attached hydrogens (tertiary/aromatic N) is 1. The van der Waals surface area contributed by atoms with Crippen LogP contribution in [0.4, 0.5) is 0 Å². The van der Waals surface area contributed by atoms with Gasteiger partial charge in [0.25, 0.3) is 5.91 Å². The largest absolute Gasteiger partial charge is 0.352 e. The standard InChI is InChI=1S/C22H25ClN4O2/c1-14(2)20(21-25-17-6-3-4-7-18(17)26-21)27-19(28)8-5-13-24-22(29)15-9-11-16(23)12-10-15/h3-4,6-7,9-12,14,20H,5,8,13H2,1-2H3,(H,24,29)(H,25,26)(H,27,28). The number of hydrogen-bond donors (Lipinski definition) is 3. The minimum atomic E-state index is -0.196. The molecule has 29 heavy (non-hydrogen) atoms. The Morgan fingerprint density at radius 3 is 2.52 bits per heavy atom. The number of fused-ring (bicyclic) bond motifs is 1. The summed E-state index contributed by atoms with van der Waals surface area (Å²) in [7, 11) is 0. The van der Waals surface area contributed by atoms with Crippen LogP contribution in [0.25, 0.3) is 11.0 Å². The van der Waals surface area contributed by atoms with Crippen LogP contribution < -0.4 is 10.6 Å². The number of halogens is 1. The van der Waals surface area contributed by atoms with E-state index in [1.807, 2.05) is 38.1 Å². The number of carbonyl (C=O) groups excluding carboxylic acids is 2. The third kappa shape index (κ3) is 5.57. The average molecular weight is 413 g/mol. The summed E-state index contributed by atoms with van der Waals surface area (Å²) in [4.78, 5) is 32.4. The van der Waals surface area contributed by atoms with Crippen molar-refractivity contribution in [2.45, 2.75) is 32.7 Å². The number of rotatable bonds is 8. The summed E-state index contributed by atoms with van der Waals surface area (Å²) < 4.78 is 0. The molecule has 0 aliphatic rings. The summed E-state index contributed by atoms with van der Waals surface area (Å²) in [6, 6.07) is 14.3. The fraction of sp³-hybridized carbons (Fsp3) is 0.318. The molecule has 1 unspecified atom stereocenters. The van der Waals surface area contributed by atoms with Gasteiger partial charge in [0.05, 0.1) is 17.1 Å². The Hall–Kier alpha value is -2.86. The van der Waals surface area contributed by atoms with Crippen LogP contribution in [-0.4, -0.2) is 28.3 Å². The zero-order valence-corrected chi connectivity index (χ0v) is 17.3. The average Bonchev–Trinajstić information content (AvgIpc) is 3.13. The van der Waals surface area contributed by atoms with Crippen molar-refractivity contribution in [1.29, 1.82) is 0 Å². The topological polar surface area (TPSA) is 86.9 Å². The van der Waals surface area contributed by atoms with E-state index in [0.29, 0.717) is 30.0 Å². The molecular formula is C22H25ClN4O2. The van der Waals surface area contributed by atoms with Crippen molar-refractivity contribution >= 4 is 34.4 Å². The number of amides is 2. The molecule has 0 saturated heterocycles. The summed E-state index contributed by atoms with van der Waals surface area (Å²) in [5.74, 6) is 0.698. The number of imidazole rings is 1. The maximum atomic E-state index is 12.4. The molecule has 0 spiro atoms. The molecule has 0 aliphatic carbocycles. The third-order valence-corrected chi connectivity index (χ3v) is 4.91. The highest BCUT2D eigenvalue weighted by molar-refractivity contribution is 6.30. The Bertz CT molecular complexity index is 949. The summed E-state index contributed by atoms with van der Waals surface area (Å²) in [6.45, 7) is 4.51. The highest BCUT2D eigenvalue weighted by Gasteiger charge is 2.21. The van der Waals surface area contributed by atoms with Crippen LogP contribution in [0.2, 0.25) is 5.02 Å². The SMILES string of the molecule is CC(C)C(NC(=O)CCCNC(=O)c1ccc(Cl)cc1)c1nc2ccccc2[nH]1. The minimum Gasteiger partial charge on any atom is -0.352 e. The van der Waals surface area contributed by atoms with Gasteiger partial charge in [0.1, 0.15) is 5.82 Å². The Kier molecular flexibility index (Phi) is 6.88. The molecule has 1 atom stereocenters. The number of aromatic nitrogens is 2. The third-order valence-electron chi connectivity index (χ3n) is 4.66. The van der Waals surface area contributed by atoms with Crippen molar-refractivity contribution in [2.24, 2.45) is 5.92 Å². The molecule has 0 bridgehead atoms. The van der Waals surface area contributed by atoms with Crippen molar-refractivity contribution in [2.75, 3.05) is 6.54 Å². The van der Waals surface area contributed by atoms with Gasteiger partial charge in [-0.1, -0.05) is 37.6 Å². The maximum absolute atomic E-state index is 12.4. The number of hydrogen-bond acceptors (Lipinski definition) is 3. The zero-order valence-electron chi connectivity index (χ0n) is 16.5. The quantitative estimate of drug-likeness (QED) is 0.483. The van der Waals surface area contributed by atoms with E-state index in [4.69, 9.17) is 11.6 Å². The monoisotopic (exact) mass is 412 g/mol. The highest BCUT2D eigenvalue weighted by Crippen LogP contribution is 2.22. The fourth-order valence-corrected chi connectivity index (χ4v) is 3.20. The Morgan fingerprint density at radius 2 is 1.83 bits per heavy atom. The van der Waals surface area contributed by atoms with E-state index in [2.05, 4.69) is 20.6 Å². The van der Waals surface area contributed by atoms with Gasteiger partial charge in [0, 0.05) is 23.6 Å². The lowest BCUT2D eigenvalue weighted by Crippen LogP contribution is -2.33. The van der Waals surface area contributed by atoms with E-state index in [1.54, 1.807) is 24.3 Å². The van der Waals surface area contributed by atoms with Crippen LogP contribution in [0, 0.1) is 5.92 Å². The zero-order chi connectivity index (χ0) is 20.8. The number of H-pyrrole nitrogens is 1. The molecule has 7 heteroatoms. The maximum Gasteiger partial charge on any atom is 0.251 e. The number of nitrogens with one attached hydrogen (secondary N) is 3. The first-order valence-corrected chi connectivity index (χ1v) is 10.1. The van der Waals surface area contributed by atoms with Crippen LogP contribution in [-0.2, 0) is 4.79 Å². The van der Waals surface area contributed by atoms with Gasteiger partial charge in [-0.2, -0.15) is 0 Å². The Morgan fingerprint density at radius 1 is 1.10 bits per heavy atom. The second kappa shape index (κ2) is 9.56. The number of aromatic amines is 1. The van der Waals surface area contributed by atoms with Crippen LogP contribution in [0.3, 0.4) is 0 Å². The van der Waals surface area contributed by atoms with Crippen LogP contribution in [0.5, 0.6) is 0 Å². The van der Waals surface area contributed by atoms with Crippen molar-refractivity contribution in [3.8, 4) is 0 Å². The lowest BCUT2D eigenvalue weighted by molar-refractivity contribution is -0.122. The van der Waals surface area contributed by atoms with Gasteiger partial charge in [-0.25, -0.2) is 4.98 Å². The molecule has 2 aromatic carbocycles. The van der Waals surface area contributed by atoms with E-state index < -0.39 is 0 Å². The van der Waals surface area contributed by atoms with Gasteiger partial charge in [-0.05, 0) is 48.7 Å². The molecule has 2 amide bonds. The first-order chi connectivity index (χ1) is 13.9. The molecule has 152 valence electrons. The lowest BCUT2D eigenvalue weighted by Gasteiger charge is -2.20. The molecule has 1 heterocycles. The molecule has 3 N–H and O–H groups in total. The first-order valence-electron chi connectivity index (χ1n) is 9.72. The van der Waals surface area contributed by atoms with E-state index >= 15 is 0 Å². The highest BCUT2D eigenvalue weighted by atomic mass is 35.5. The van der Waals surface area contributed by atoms with Crippen LogP contribution in [0.15, 0.2) is 48.5 Å². The van der Waals surface area contributed by atoms with Gasteiger partial charge in [-0.3, -0.25) is 9.59 Å². The predicted molar refractivity (Wildman–Crippen MR) is 115 cm³/mol. The molecule has 1 aromatic heterocycles. The first kappa shape index (κ1) is 20.9. The molecule has 0 fully saturated rings. The predicted octanol–water partition coefficient (Wildman–Crippen LogP) is 4.24. The summed E-state index contributed by atoms with van der Waals surface area (Å²) in [5.41, 5.74) is 2.38. The van der Waals surface area contributed by atoms with Crippen LogP contribution in [0.1, 0.15) is 48.9 Å². The molecule has 0 aliphatic heterocycles. The van der Waals surface area contributed by atoms with Crippen molar-refractivity contribution < 1.29 is 9.59 Å². The molecule has 6 nitrogen and oxygen atoms in total. The van der Waals surface area contributed by atoms with Gasteiger partial charge < -0.3 is 15.6 Å². The second-order valence-electron chi connectivity index (χ2n) is 7.29. The van der Waals surface area contributed by atoms with Crippen molar-refractivity contribution in [3.63, 3.8) is 0 Å². The molecule has 0 saturated carbocycles. The second-order valence-corrected chi connectivity index (χ2v) is 7.73.